The van der Waals surface area contributed by atoms with E-state index in [1.165, 1.54) is 18.3 Å². The van der Waals surface area contributed by atoms with Crippen molar-refractivity contribution >= 4 is 39.5 Å². The van der Waals surface area contributed by atoms with Crippen molar-refractivity contribution in [1.29, 1.82) is 0 Å². The Bertz CT molecular complexity index is 707. The quantitative estimate of drug-likeness (QED) is 0.608. The number of carbonyl (C=O) groups excluding carboxylic acids is 3. The zero-order chi connectivity index (χ0) is 17.0. The summed E-state index contributed by atoms with van der Waals surface area (Å²) in [6, 6.07) is 7.30. The van der Waals surface area contributed by atoms with E-state index in [0.29, 0.717) is 10.5 Å². The first-order valence-corrected chi connectivity index (χ1v) is 7.51. The first-order valence-electron chi connectivity index (χ1n) is 6.70. The number of ether oxygens (including phenoxy) is 3. The van der Waals surface area contributed by atoms with Crippen LogP contribution in [0.5, 0.6) is 0 Å². The Morgan fingerprint density at radius 1 is 1.09 bits per heavy atom. The number of methoxy groups -OCH3 is 1. The molecule has 0 aliphatic heterocycles. The molecule has 0 N–H and O–H groups in total. The average Bonchev–Trinajstić information content (AvgIpc) is 2.93. The Balaban J connectivity index is 2.46. The Morgan fingerprint density at radius 3 is 2.30 bits per heavy atom. The summed E-state index contributed by atoms with van der Waals surface area (Å²) in [5.41, 5.74) is 0.691. The molecule has 8 heteroatoms. The highest BCUT2D eigenvalue weighted by Crippen LogP contribution is 2.32. The fourth-order valence-electron chi connectivity index (χ4n) is 1.96. The van der Waals surface area contributed by atoms with Gasteiger partial charge in [0.25, 0.3) is 0 Å². The topological polar surface area (TPSA) is 91.8 Å². The summed E-state index contributed by atoms with van der Waals surface area (Å²) in [5.74, 6) is -2.15. The van der Waals surface area contributed by atoms with Crippen molar-refractivity contribution in [3.63, 3.8) is 0 Å². The number of rotatable bonds is 5. The van der Waals surface area contributed by atoms with Gasteiger partial charge in [0.05, 0.1) is 17.3 Å². The Hall–Kier alpha value is -2.48. The Kier molecular flexibility index (Phi) is 5.28. The molecule has 0 aliphatic rings. The third-order valence-electron chi connectivity index (χ3n) is 2.85. The van der Waals surface area contributed by atoms with Gasteiger partial charge in [-0.15, -0.1) is 11.3 Å². The van der Waals surface area contributed by atoms with E-state index in [9.17, 15) is 14.4 Å². The van der Waals surface area contributed by atoms with Gasteiger partial charge >= 0.3 is 17.9 Å². The minimum absolute atomic E-state index is 0.345. The monoisotopic (exact) mass is 337 g/mol. The number of esters is 3. The SMILES string of the molecule is COC(=O)C(OC(C)=O)C(OC(C)=O)c1nc2ccccc2s1. The van der Waals surface area contributed by atoms with Crippen LogP contribution in [-0.4, -0.2) is 36.1 Å². The number of hydrogen-bond donors (Lipinski definition) is 0. The molecule has 0 fully saturated rings. The lowest BCUT2D eigenvalue weighted by molar-refractivity contribution is -0.180. The van der Waals surface area contributed by atoms with Crippen molar-refractivity contribution in [3.8, 4) is 0 Å². The van der Waals surface area contributed by atoms with Gasteiger partial charge < -0.3 is 14.2 Å². The lowest BCUT2D eigenvalue weighted by atomic mass is 10.2. The summed E-state index contributed by atoms with van der Waals surface area (Å²) in [6.07, 6.45) is -2.58. The van der Waals surface area contributed by atoms with Crippen LogP contribution in [0, 0.1) is 0 Å². The van der Waals surface area contributed by atoms with Crippen molar-refractivity contribution < 1.29 is 28.6 Å². The molecule has 2 rings (SSSR count). The number of thiazole rings is 1. The van der Waals surface area contributed by atoms with E-state index in [4.69, 9.17) is 9.47 Å². The highest BCUT2D eigenvalue weighted by atomic mass is 32.1. The smallest absolute Gasteiger partial charge is 0.351 e. The summed E-state index contributed by atoms with van der Waals surface area (Å²) in [6.45, 7) is 2.35. The average molecular weight is 337 g/mol. The number of aromatic nitrogens is 1. The van der Waals surface area contributed by atoms with Gasteiger partial charge in [-0.2, -0.15) is 0 Å². The summed E-state index contributed by atoms with van der Waals surface area (Å²) in [7, 11) is 1.15. The van der Waals surface area contributed by atoms with Crippen LogP contribution in [0.25, 0.3) is 10.2 Å². The molecule has 1 heterocycles. The molecule has 0 spiro atoms. The minimum Gasteiger partial charge on any atom is -0.466 e. The first kappa shape index (κ1) is 16.9. The maximum Gasteiger partial charge on any atom is 0.351 e. The highest BCUT2D eigenvalue weighted by Gasteiger charge is 2.38. The molecule has 2 aromatic rings. The van der Waals surface area contributed by atoms with Crippen LogP contribution >= 0.6 is 11.3 Å². The third-order valence-corrected chi connectivity index (χ3v) is 3.95. The van der Waals surface area contributed by atoms with E-state index < -0.39 is 30.1 Å². The second kappa shape index (κ2) is 7.19. The molecule has 23 heavy (non-hydrogen) atoms. The standard InChI is InChI=1S/C15H15NO6S/c1-8(17)21-12(13(15(19)20-3)22-9(2)18)14-16-10-6-4-5-7-11(10)23-14/h4-7,12-13H,1-3H3. The molecule has 122 valence electrons. The normalized spacial score (nSPS) is 13.2. The van der Waals surface area contributed by atoms with Crippen molar-refractivity contribution in [2.24, 2.45) is 0 Å². The van der Waals surface area contributed by atoms with Gasteiger partial charge in [-0.1, -0.05) is 12.1 Å². The minimum atomic E-state index is -1.41. The summed E-state index contributed by atoms with van der Waals surface area (Å²) < 4.78 is 15.7. The van der Waals surface area contributed by atoms with Crippen LogP contribution in [-0.2, 0) is 28.6 Å². The molecule has 0 saturated heterocycles. The van der Waals surface area contributed by atoms with E-state index in [0.717, 1.165) is 18.7 Å². The summed E-state index contributed by atoms with van der Waals surface area (Å²) in [5, 5.41) is 0.345. The van der Waals surface area contributed by atoms with Crippen LogP contribution in [0.15, 0.2) is 24.3 Å². The number of para-hydroxylation sites is 1. The van der Waals surface area contributed by atoms with Crippen LogP contribution in [0.2, 0.25) is 0 Å². The number of carbonyl (C=O) groups is 3. The lowest BCUT2D eigenvalue weighted by Gasteiger charge is -2.22. The third kappa shape index (κ3) is 4.04. The fourth-order valence-corrected chi connectivity index (χ4v) is 2.98. The summed E-state index contributed by atoms with van der Waals surface area (Å²) >= 11 is 1.24. The van der Waals surface area contributed by atoms with E-state index in [-0.39, 0.29) is 0 Å². The maximum absolute atomic E-state index is 11.9. The van der Waals surface area contributed by atoms with Crippen LogP contribution < -0.4 is 0 Å². The highest BCUT2D eigenvalue weighted by molar-refractivity contribution is 7.18. The molecular weight excluding hydrogens is 322 g/mol. The molecule has 0 saturated carbocycles. The first-order chi connectivity index (χ1) is 10.9. The Morgan fingerprint density at radius 2 is 1.74 bits per heavy atom. The van der Waals surface area contributed by atoms with Crippen LogP contribution in [0.1, 0.15) is 25.0 Å². The predicted molar refractivity (Wildman–Crippen MR) is 81.7 cm³/mol. The second-order valence-corrected chi connectivity index (χ2v) is 5.67. The van der Waals surface area contributed by atoms with Gasteiger partial charge in [-0.25, -0.2) is 9.78 Å². The molecular formula is C15H15NO6S. The van der Waals surface area contributed by atoms with Crippen LogP contribution in [0.3, 0.4) is 0 Å². The van der Waals surface area contributed by atoms with Crippen molar-refractivity contribution in [1.82, 2.24) is 4.98 Å². The van der Waals surface area contributed by atoms with Crippen LogP contribution in [0.4, 0.5) is 0 Å². The van der Waals surface area contributed by atoms with E-state index in [1.807, 2.05) is 18.2 Å². The molecule has 1 aromatic carbocycles. The number of fused-ring (bicyclic) bond motifs is 1. The zero-order valence-electron chi connectivity index (χ0n) is 12.8. The molecule has 0 bridgehead atoms. The molecule has 0 amide bonds. The van der Waals surface area contributed by atoms with Crippen molar-refractivity contribution in [3.05, 3.63) is 29.3 Å². The van der Waals surface area contributed by atoms with Gasteiger partial charge in [0.15, 0.2) is 0 Å². The molecule has 0 radical (unpaired) electrons. The maximum atomic E-state index is 11.9. The summed E-state index contributed by atoms with van der Waals surface area (Å²) in [4.78, 5) is 39.0. The van der Waals surface area contributed by atoms with E-state index in [2.05, 4.69) is 9.72 Å². The molecule has 0 aliphatic carbocycles. The number of benzene rings is 1. The number of hydrogen-bond acceptors (Lipinski definition) is 8. The van der Waals surface area contributed by atoms with Gasteiger partial charge in [0.1, 0.15) is 5.01 Å². The predicted octanol–water partition coefficient (Wildman–Crippen LogP) is 2.01. The molecule has 2 unspecified atom stereocenters. The molecule has 2 atom stereocenters. The van der Waals surface area contributed by atoms with E-state index in [1.54, 1.807) is 6.07 Å². The van der Waals surface area contributed by atoms with Gasteiger partial charge in [-0.05, 0) is 12.1 Å². The van der Waals surface area contributed by atoms with Crippen molar-refractivity contribution in [2.45, 2.75) is 26.1 Å². The van der Waals surface area contributed by atoms with Gasteiger partial charge in [0.2, 0.25) is 12.2 Å². The lowest BCUT2D eigenvalue weighted by Crippen LogP contribution is -2.36. The zero-order valence-corrected chi connectivity index (χ0v) is 13.6. The van der Waals surface area contributed by atoms with E-state index >= 15 is 0 Å². The van der Waals surface area contributed by atoms with Gasteiger partial charge in [0, 0.05) is 13.8 Å². The van der Waals surface area contributed by atoms with Gasteiger partial charge in [-0.3, -0.25) is 9.59 Å². The fraction of sp³-hybridized carbons (Fsp3) is 0.333. The largest absolute Gasteiger partial charge is 0.466 e. The number of nitrogens with zero attached hydrogens (tertiary/aromatic N) is 1. The Labute approximate surface area is 136 Å². The van der Waals surface area contributed by atoms with Crippen molar-refractivity contribution in [2.75, 3.05) is 7.11 Å². The second-order valence-electron chi connectivity index (χ2n) is 4.60. The molecule has 1 aromatic heterocycles. The molecule has 7 nitrogen and oxygen atoms in total.